The van der Waals surface area contributed by atoms with Crippen LogP contribution in [-0.4, -0.2) is 0 Å². The summed E-state index contributed by atoms with van der Waals surface area (Å²) >= 11 is 0. The van der Waals surface area contributed by atoms with Crippen molar-refractivity contribution in [1.82, 2.24) is 0 Å². The van der Waals surface area contributed by atoms with E-state index in [1.165, 1.54) is 55.6 Å². The highest BCUT2D eigenvalue weighted by Crippen LogP contribution is 2.40. The Morgan fingerprint density at radius 1 is 0.457 bits per heavy atom. The lowest BCUT2D eigenvalue weighted by atomic mass is 9.81. The minimum absolute atomic E-state index is 1.08. The van der Waals surface area contributed by atoms with Crippen LogP contribution in [0, 0.1) is 0 Å². The summed E-state index contributed by atoms with van der Waals surface area (Å²) in [7, 11) is 0. The topological polar surface area (TPSA) is 12.0 Å². The van der Waals surface area contributed by atoms with Crippen LogP contribution in [0.25, 0.3) is 45.5 Å². The third-order valence-corrected chi connectivity index (χ3v) is 7.36. The molecule has 5 aromatic rings. The van der Waals surface area contributed by atoms with Crippen LogP contribution in [0.3, 0.4) is 0 Å². The second-order valence-corrected chi connectivity index (χ2v) is 9.42. The minimum atomic E-state index is 1.08. The van der Waals surface area contributed by atoms with Gasteiger partial charge in [-0.3, -0.25) is 0 Å². The van der Waals surface area contributed by atoms with Crippen molar-refractivity contribution in [3.8, 4) is 33.4 Å². The van der Waals surface area contributed by atoms with Gasteiger partial charge in [0.25, 0.3) is 0 Å². The fourth-order valence-corrected chi connectivity index (χ4v) is 5.57. The molecule has 0 fully saturated rings. The summed E-state index contributed by atoms with van der Waals surface area (Å²) in [6, 6.07) is 39.7. The summed E-state index contributed by atoms with van der Waals surface area (Å²) in [5.41, 5.74) is 15.5. The zero-order chi connectivity index (χ0) is 23.2. The molecule has 1 heterocycles. The molecule has 1 nitrogen and oxygen atoms in total. The maximum absolute atomic E-state index is 3.67. The van der Waals surface area contributed by atoms with E-state index in [4.69, 9.17) is 0 Å². The average molecular weight is 448 g/mol. The highest BCUT2D eigenvalue weighted by molar-refractivity contribution is 5.91. The van der Waals surface area contributed by atoms with Crippen LogP contribution in [-0.2, 0) is 12.8 Å². The van der Waals surface area contributed by atoms with Crippen molar-refractivity contribution in [2.45, 2.75) is 12.8 Å². The first-order valence-electron chi connectivity index (χ1n) is 12.3. The number of hydrogen-bond acceptors (Lipinski definition) is 1. The van der Waals surface area contributed by atoms with Gasteiger partial charge in [0, 0.05) is 11.4 Å². The minimum Gasteiger partial charge on any atom is -0.355 e. The van der Waals surface area contributed by atoms with Gasteiger partial charge < -0.3 is 5.32 Å². The van der Waals surface area contributed by atoms with E-state index in [2.05, 4.69) is 127 Å². The zero-order valence-electron chi connectivity index (χ0n) is 19.5. The molecule has 0 amide bonds. The van der Waals surface area contributed by atoms with Gasteiger partial charge in [0.1, 0.15) is 0 Å². The van der Waals surface area contributed by atoms with Crippen LogP contribution in [0.1, 0.15) is 22.3 Å². The number of nitrogens with one attached hydrogen (secondary N) is 1. The van der Waals surface area contributed by atoms with Crippen molar-refractivity contribution in [3.05, 3.63) is 131 Å². The molecule has 0 atom stereocenters. The van der Waals surface area contributed by atoms with E-state index in [-0.39, 0.29) is 0 Å². The Bertz CT molecular complexity index is 1610. The van der Waals surface area contributed by atoms with E-state index in [0.29, 0.717) is 0 Å². The van der Waals surface area contributed by atoms with Crippen LogP contribution in [0.4, 0.5) is 11.4 Å². The summed E-state index contributed by atoms with van der Waals surface area (Å²) in [6.07, 6.45) is 6.67. The van der Waals surface area contributed by atoms with E-state index in [0.717, 1.165) is 24.2 Å². The van der Waals surface area contributed by atoms with Gasteiger partial charge in [-0.2, -0.15) is 0 Å². The smallest absolute Gasteiger partial charge is 0.0458 e. The molecule has 1 aliphatic carbocycles. The van der Waals surface area contributed by atoms with E-state index in [1.807, 2.05) is 0 Å². The number of hydrogen-bond donors (Lipinski definition) is 1. The Morgan fingerprint density at radius 2 is 1.11 bits per heavy atom. The number of aryl methyl sites for hydroxylation is 1. The molecule has 0 spiro atoms. The van der Waals surface area contributed by atoms with Crippen LogP contribution >= 0.6 is 0 Å². The largest absolute Gasteiger partial charge is 0.355 e. The first kappa shape index (κ1) is 20.1. The molecule has 0 saturated carbocycles. The Kier molecular flexibility index (Phi) is 4.67. The Labute approximate surface area is 206 Å². The third kappa shape index (κ3) is 3.48. The van der Waals surface area contributed by atoms with Crippen LogP contribution in [0.15, 0.2) is 109 Å². The molecule has 1 heteroatoms. The Balaban J connectivity index is 1.28. The summed E-state index contributed by atoms with van der Waals surface area (Å²) < 4.78 is 0. The number of benzene rings is 5. The van der Waals surface area contributed by atoms with Gasteiger partial charge in [0.2, 0.25) is 0 Å². The van der Waals surface area contributed by atoms with Gasteiger partial charge in [0.15, 0.2) is 0 Å². The molecule has 35 heavy (non-hydrogen) atoms. The standard InChI is InChI=1S/C34H25N/c1-2-7-23(8-3-1)25-16-19-33-27(21-25)13-14-28-22-26(17-20-34(28)35-33)30-11-6-12-31-29-10-5-4-9-24(29)15-18-32(30)31/h1-14,16-17,19-22,35H,15,18H2. The van der Waals surface area contributed by atoms with Crippen LogP contribution < -0.4 is 5.32 Å². The quantitative estimate of drug-likeness (QED) is 0.279. The van der Waals surface area contributed by atoms with Crippen LogP contribution in [0.5, 0.6) is 0 Å². The summed E-state index contributed by atoms with van der Waals surface area (Å²) in [5.74, 6) is 0. The summed E-state index contributed by atoms with van der Waals surface area (Å²) in [5, 5.41) is 3.67. The maximum atomic E-state index is 3.67. The lowest BCUT2D eigenvalue weighted by Crippen LogP contribution is -2.05. The lowest BCUT2D eigenvalue weighted by Gasteiger charge is -2.23. The summed E-state index contributed by atoms with van der Waals surface area (Å²) in [4.78, 5) is 0. The normalized spacial score (nSPS) is 13.0. The van der Waals surface area contributed by atoms with Gasteiger partial charge >= 0.3 is 0 Å². The number of anilines is 2. The average Bonchev–Trinajstić information content (AvgIpc) is 3.11. The fraction of sp³-hybridized carbons (Fsp3) is 0.0588. The first-order valence-corrected chi connectivity index (χ1v) is 12.3. The molecule has 166 valence electrons. The molecule has 0 radical (unpaired) electrons. The second kappa shape index (κ2) is 8.14. The van der Waals surface area contributed by atoms with E-state index in [9.17, 15) is 0 Å². The highest BCUT2D eigenvalue weighted by atomic mass is 14.9. The molecule has 0 unspecified atom stereocenters. The van der Waals surface area contributed by atoms with Crippen molar-refractivity contribution >= 4 is 23.5 Å². The molecule has 1 aliphatic heterocycles. The van der Waals surface area contributed by atoms with Crippen molar-refractivity contribution in [2.75, 3.05) is 5.32 Å². The van der Waals surface area contributed by atoms with Crippen LogP contribution in [0.2, 0.25) is 0 Å². The van der Waals surface area contributed by atoms with Crippen molar-refractivity contribution < 1.29 is 0 Å². The van der Waals surface area contributed by atoms with Gasteiger partial charge in [0.05, 0.1) is 0 Å². The van der Waals surface area contributed by atoms with E-state index >= 15 is 0 Å². The number of rotatable bonds is 2. The molecule has 0 bridgehead atoms. The number of fused-ring (bicyclic) bond motifs is 5. The molecule has 1 N–H and O–H groups in total. The van der Waals surface area contributed by atoms with E-state index < -0.39 is 0 Å². The predicted octanol–water partition coefficient (Wildman–Crippen LogP) is 9.01. The molecule has 7 rings (SSSR count). The monoisotopic (exact) mass is 447 g/mol. The first-order chi connectivity index (χ1) is 17.3. The fourth-order valence-electron chi connectivity index (χ4n) is 5.57. The van der Waals surface area contributed by atoms with Gasteiger partial charge in [-0.05, 0) is 92.7 Å². The highest BCUT2D eigenvalue weighted by Gasteiger charge is 2.19. The second-order valence-electron chi connectivity index (χ2n) is 9.42. The molecular weight excluding hydrogens is 422 g/mol. The molecule has 2 aliphatic rings. The Morgan fingerprint density at radius 3 is 1.94 bits per heavy atom. The molecule has 0 aromatic heterocycles. The van der Waals surface area contributed by atoms with Crippen molar-refractivity contribution in [3.63, 3.8) is 0 Å². The summed E-state index contributed by atoms with van der Waals surface area (Å²) in [6.45, 7) is 0. The lowest BCUT2D eigenvalue weighted by molar-refractivity contribution is 0.944. The van der Waals surface area contributed by atoms with Crippen molar-refractivity contribution in [2.24, 2.45) is 0 Å². The van der Waals surface area contributed by atoms with Gasteiger partial charge in [-0.15, -0.1) is 0 Å². The van der Waals surface area contributed by atoms with Crippen molar-refractivity contribution in [1.29, 1.82) is 0 Å². The third-order valence-electron chi connectivity index (χ3n) is 7.36. The Hall–Kier alpha value is -4.36. The zero-order valence-corrected chi connectivity index (χ0v) is 19.5. The van der Waals surface area contributed by atoms with Gasteiger partial charge in [-0.1, -0.05) is 97.1 Å². The van der Waals surface area contributed by atoms with E-state index in [1.54, 1.807) is 0 Å². The SMILES string of the molecule is C1=Cc2cc(-c3cccc4c3CCc3ccccc3-4)ccc2Nc2ccc(-c3ccccc3)cc21. The molecular formula is C34H25N. The molecule has 0 saturated heterocycles. The maximum Gasteiger partial charge on any atom is 0.0458 e. The van der Waals surface area contributed by atoms with Gasteiger partial charge in [-0.25, -0.2) is 0 Å². The predicted molar refractivity (Wildman–Crippen MR) is 149 cm³/mol. The molecule has 5 aromatic carbocycles.